The molecular weight excluding hydrogens is 180 g/mol. The molecule has 0 amide bonds. The van der Waals surface area contributed by atoms with Crippen molar-refractivity contribution in [3.8, 4) is 0 Å². The van der Waals surface area contributed by atoms with Gasteiger partial charge in [-0.25, -0.2) is 0 Å². The highest BCUT2D eigenvalue weighted by atomic mass is 14.3. The normalized spacial score (nSPS) is 16.1. The van der Waals surface area contributed by atoms with E-state index < -0.39 is 0 Å². The van der Waals surface area contributed by atoms with Crippen LogP contribution in [0, 0.1) is 5.41 Å². The Kier molecular flexibility index (Phi) is 3.73. The Morgan fingerprint density at radius 2 is 2.00 bits per heavy atom. The average molecular weight is 202 g/mol. The fourth-order valence-electron chi connectivity index (χ4n) is 1.90. The van der Waals surface area contributed by atoms with E-state index in [9.17, 15) is 0 Å². The summed E-state index contributed by atoms with van der Waals surface area (Å²) in [6.45, 7) is 14.6. The quantitative estimate of drug-likeness (QED) is 0.574. The van der Waals surface area contributed by atoms with Crippen LogP contribution < -0.4 is 0 Å². The lowest BCUT2D eigenvalue weighted by Crippen LogP contribution is -2.15. The zero-order valence-corrected chi connectivity index (χ0v) is 10.3. The van der Waals surface area contributed by atoms with E-state index in [4.69, 9.17) is 0 Å². The van der Waals surface area contributed by atoms with Crippen molar-refractivity contribution >= 4 is 0 Å². The molecule has 0 aromatic heterocycles. The molecule has 0 N–H and O–H groups in total. The van der Waals surface area contributed by atoms with Gasteiger partial charge in [-0.15, -0.1) is 0 Å². The van der Waals surface area contributed by atoms with Crippen molar-refractivity contribution in [2.75, 3.05) is 0 Å². The summed E-state index contributed by atoms with van der Waals surface area (Å²) in [6.07, 6.45) is 10.2. The molecule has 0 saturated heterocycles. The van der Waals surface area contributed by atoms with E-state index in [0.717, 1.165) is 12.0 Å². The predicted octanol–water partition coefficient (Wildman–Crippen LogP) is 4.81. The van der Waals surface area contributed by atoms with Crippen LogP contribution in [0.1, 0.15) is 40.0 Å². The molecule has 82 valence electrons. The fraction of sp³-hybridized carbons (Fsp3) is 0.467. The van der Waals surface area contributed by atoms with Gasteiger partial charge in [0.05, 0.1) is 0 Å². The summed E-state index contributed by atoms with van der Waals surface area (Å²) in [5.74, 6) is 0. The van der Waals surface area contributed by atoms with Gasteiger partial charge in [-0.2, -0.15) is 0 Å². The molecule has 0 heteroatoms. The van der Waals surface area contributed by atoms with E-state index in [1.807, 2.05) is 6.92 Å². The van der Waals surface area contributed by atoms with E-state index in [0.29, 0.717) is 0 Å². The van der Waals surface area contributed by atoms with Crippen LogP contribution in [0.5, 0.6) is 0 Å². The van der Waals surface area contributed by atoms with Crippen molar-refractivity contribution in [3.05, 3.63) is 48.1 Å². The van der Waals surface area contributed by atoms with Crippen molar-refractivity contribution < 1.29 is 0 Å². The van der Waals surface area contributed by atoms with Crippen LogP contribution in [-0.2, 0) is 0 Å². The lowest BCUT2D eigenvalue weighted by atomic mass is 9.76. The molecule has 1 aliphatic rings. The Balaban J connectivity index is 2.74. The number of rotatable bonds is 4. The molecule has 0 unspecified atom stereocenters. The molecule has 0 radical (unpaired) electrons. The monoisotopic (exact) mass is 202 g/mol. The molecule has 0 nitrogen and oxygen atoms in total. The third-order valence-electron chi connectivity index (χ3n) is 3.04. The van der Waals surface area contributed by atoms with Crippen molar-refractivity contribution in [1.82, 2.24) is 0 Å². The standard InChI is InChI=1S/C15H22/c1-12(2)13(3)11-15(4,5)14-9-7-6-8-10-14/h7,9-10H,1,3,6,8,11H2,2,4-5H3. The van der Waals surface area contributed by atoms with Crippen LogP contribution in [-0.4, -0.2) is 0 Å². The van der Waals surface area contributed by atoms with Gasteiger partial charge in [0.1, 0.15) is 0 Å². The van der Waals surface area contributed by atoms with Gasteiger partial charge in [-0.1, -0.05) is 56.4 Å². The Morgan fingerprint density at radius 1 is 1.33 bits per heavy atom. The molecule has 15 heavy (non-hydrogen) atoms. The highest BCUT2D eigenvalue weighted by molar-refractivity contribution is 5.33. The van der Waals surface area contributed by atoms with Gasteiger partial charge >= 0.3 is 0 Å². The summed E-state index contributed by atoms with van der Waals surface area (Å²) >= 11 is 0. The summed E-state index contributed by atoms with van der Waals surface area (Å²) in [5, 5.41) is 0. The van der Waals surface area contributed by atoms with E-state index >= 15 is 0 Å². The van der Waals surface area contributed by atoms with Crippen LogP contribution in [0.15, 0.2) is 48.1 Å². The van der Waals surface area contributed by atoms with Crippen molar-refractivity contribution in [3.63, 3.8) is 0 Å². The van der Waals surface area contributed by atoms with Crippen LogP contribution in [0.2, 0.25) is 0 Å². The maximum absolute atomic E-state index is 4.08. The third kappa shape index (κ3) is 3.23. The second-order valence-corrected chi connectivity index (χ2v) is 5.08. The molecule has 0 bridgehead atoms. The topological polar surface area (TPSA) is 0 Å². The molecular formula is C15H22. The first kappa shape index (κ1) is 12.0. The first-order valence-corrected chi connectivity index (χ1v) is 5.64. The first-order chi connectivity index (χ1) is 6.93. The zero-order valence-electron chi connectivity index (χ0n) is 10.3. The Hall–Kier alpha value is -1.04. The summed E-state index contributed by atoms with van der Waals surface area (Å²) in [6, 6.07) is 0. The summed E-state index contributed by atoms with van der Waals surface area (Å²) in [7, 11) is 0. The van der Waals surface area contributed by atoms with E-state index in [-0.39, 0.29) is 5.41 Å². The van der Waals surface area contributed by atoms with Gasteiger partial charge < -0.3 is 0 Å². The molecule has 0 heterocycles. The van der Waals surface area contributed by atoms with Gasteiger partial charge in [0, 0.05) is 0 Å². The SMILES string of the molecule is C=C(C)C(=C)CC(C)(C)C1=CCCC=C1. The second-order valence-electron chi connectivity index (χ2n) is 5.08. The molecule has 0 atom stereocenters. The van der Waals surface area contributed by atoms with Gasteiger partial charge in [0.15, 0.2) is 0 Å². The predicted molar refractivity (Wildman–Crippen MR) is 68.8 cm³/mol. The van der Waals surface area contributed by atoms with E-state index in [2.05, 4.69) is 45.2 Å². The smallest absolute Gasteiger partial charge is 0.00666 e. The maximum Gasteiger partial charge on any atom is -0.00666 e. The zero-order chi connectivity index (χ0) is 11.5. The minimum Gasteiger partial charge on any atom is -0.0959 e. The number of hydrogen-bond donors (Lipinski definition) is 0. The van der Waals surface area contributed by atoms with Gasteiger partial charge in [-0.05, 0) is 37.2 Å². The molecule has 1 aliphatic carbocycles. The van der Waals surface area contributed by atoms with Crippen LogP contribution in [0.4, 0.5) is 0 Å². The molecule has 0 spiro atoms. The van der Waals surface area contributed by atoms with Crippen LogP contribution in [0.3, 0.4) is 0 Å². The number of hydrogen-bond acceptors (Lipinski definition) is 0. The Labute approximate surface area is 94.1 Å². The van der Waals surface area contributed by atoms with Crippen molar-refractivity contribution in [2.24, 2.45) is 5.41 Å². The van der Waals surface area contributed by atoms with E-state index in [1.54, 1.807) is 0 Å². The minimum atomic E-state index is 0.187. The van der Waals surface area contributed by atoms with E-state index in [1.165, 1.54) is 24.0 Å². The summed E-state index contributed by atoms with van der Waals surface area (Å²) < 4.78 is 0. The fourth-order valence-corrected chi connectivity index (χ4v) is 1.90. The maximum atomic E-state index is 4.08. The Morgan fingerprint density at radius 3 is 2.47 bits per heavy atom. The van der Waals surface area contributed by atoms with Gasteiger partial charge in [0.2, 0.25) is 0 Å². The molecule has 0 saturated carbocycles. The Bertz CT molecular complexity index is 324. The van der Waals surface area contributed by atoms with Gasteiger partial charge in [0.25, 0.3) is 0 Å². The minimum absolute atomic E-state index is 0.187. The molecule has 0 aromatic carbocycles. The molecule has 0 fully saturated rings. The van der Waals surface area contributed by atoms with Crippen molar-refractivity contribution in [1.29, 1.82) is 0 Å². The third-order valence-corrected chi connectivity index (χ3v) is 3.04. The summed E-state index contributed by atoms with van der Waals surface area (Å²) in [5.41, 5.74) is 3.90. The van der Waals surface area contributed by atoms with Gasteiger partial charge in [-0.3, -0.25) is 0 Å². The first-order valence-electron chi connectivity index (χ1n) is 5.64. The van der Waals surface area contributed by atoms with Crippen LogP contribution >= 0.6 is 0 Å². The molecule has 0 aliphatic heterocycles. The largest absolute Gasteiger partial charge is 0.0959 e. The molecule has 1 rings (SSSR count). The van der Waals surface area contributed by atoms with Crippen LogP contribution in [0.25, 0.3) is 0 Å². The highest BCUT2D eigenvalue weighted by Crippen LogP contribution is 2.37. The summed E-state index contributed by atoms with van der Waals surface area (Å²) in [4.78, 5) is 0. The lowest BCUT2D eigenvalue weighted by molar-refractivity contribution is 0.452. The van der Waals surface area contributed by atoms with Crippen molar-refractivity contribution in [2.45, 2.75) is 40.0 Å². The average Bonchev–Trinajstić information content (AvgIpc) is 2.18. The highest BCUT2D eigenvalue weighted by Gasteiger charge is 2.23. The lowest BCUT2D eigenvalue weighted by Gasteiger charge is -2.29. The number of allylic oxidation sites excluding steroid dienone is 6. The molecule has 0 aromatic rings. The second kappa shape index (κ2) is 4.65.